The smallest absolute Gasteiger partial charge is 0.135 e. The van der Waals surface area contributed by atoms with Gasteiger partial charge in [0.2, 0.25) is 0 Å². The molecule has 0 amide bonds. The molecule has 0 saturated carbocycles. The Morgan fingerprint density at radius 2 is 0.581 bits per heavy atom. The maximum Gasteiger partial charge on any atom is 0.135 e. The van der Waals surface area contributed by atoms with Gasteiger partial charge >= 0.3 is 0 Å². The number of hydrogen-bond donors (Lipinski definition) is 0. The van der Waals surface area contributed by atoms with Crippen LogP contribution in [0.15, 0.2) is 251 Å². The van der Waals surface area contributed by atoms with Crippen LogP contribution in [0, 0.1) is 0 Å². The number of benzene rings is 10. The zero-order chi connectivity index (χ0) is 50.6. The average Bonchev–Trinajstić information content (AvgIpc) is 4.08. The molecule has 0 unspecified atom stereocenters. The topological polar surface area (TPSA) is 32.8 Å². The summed E-state index contributed by atoms with van der Waals surface area (Å²) in [6, 6.07) is 87.0. The Morgan fingerprint density at radius 1 is 0.257 bits per heavy atom. The van der Waals surface area contributed by atoms with Crippen molar-refractivity contribution in [3.05, 3.63) is 254 Å². The van der Waals surface area contributed by atoms with Gasteiger partial charge in [-0.25, -0.2) is 0 Å². The van der Waals surface area contributed by atoms with Crippen LogP contribution in [-0.2, 0) is 10.8 Å². The molecule has 0 fully saturated rings. The Kier molecular flexibility index (Phi) is 11.6. The molecular formula is C70H58N2O2. The molecule has 0 aliphatic carbocycles. The Morgan fingerprint density at radius 3 is 0.919 bits per heavy atom. The fourth-order valence-electron chi connectivity index (χ4n) is 10.3. The van der Waals surface area contributed by atoms with E-state index in [2.05, 4.69) is 294 Å². The second-order valence-corrected chi connectivity index (χ2v) is 21.5. The second-order valence-electron chi connectivity index (χ2n) is 21.5. The average molecular weight is 959 g/mol. The van der Waals surface area contributed by atoms with Crippen LogP contribution in [0.3, 0.4) is 0 Å². The Labute approximate surface area is 434 Å². The molecule has 0 saturated heterocycles. The van der Waals surface area contributed by atoms with Crippen LogP contribution in [0.4, 0.5) is 34.1 Å². The first-order valence-corrected chi connectivity index (χ1v) is 25.6. The fourth-order valence-corrected chi connectivity index (χ4v) is 10.3. The van der Waals surface area contributed by atoms with Gasteiger partial charge in [0.15, 0.2) is 0 Å². The number of nitrogens with zero attached hydrogens (tertiary/aromatic N) is 2. The normalized spacial score (nSPS) is 11.9. The first kappa shape index (κ1) is 46.2. The van der Waals surface area contributed by atoms with Crippen molar-refractivity contribution in [2.24, 2.45) is 0 Å². The molecule has 0 aliphatic heterocycles. The van der Waals surface area contributed by atoms with E-state index in [1.165, 1.54) is 33.4 Å². The summed E-state index contributed by atoms with van der Waals surface area (Å²) in [5.74, 6) is 1.65. The lowest BCUT2D eigenvalue weighted by Gasteiger charge is -2.28. The summed E-state index contributed by atoms with van der Waals surface area (Å²) in [4.78, 5) is 4.68. The van der Waals surface area contributed by atoms with Crippen LogP contribution < -0.4 is 9.80 Å². The van der Waals surface area contributed by atoms with Gasteiger partial charge in [0.25, 0.3) is 0 Å². The zero-order valence-corrected chi connectivity index (χ0v) is 42.8. The number of anilines is 6. The van der Waals surface area contributed by atoms with E-state index in [4.69, 9.17) is 8.83 Å². The minimum Gasteiger partial charge on any atom is -0.456 e. The number of furan rings is 2. The van der Waals surface area contributed by atoms with Gasteiger partial charge in [0.1, 0.15) is 22.7 Å². The molecule has 0 bridgehead atoms. The van der Waals surface area contributed by atoms with Crippen molar-refractivity contribution in [3.8, 4) is 44.9 Å². The van der Waals surface area contributed by atoms with Crippen LogP contribution in [0.5, 0.6) is 0 Å². The molecule has 0 aliphatic rings. The molecule has 0 N–H and O–H groups in total. The van der Waals surface area contributed by atoms with Crippen LogP contribution >= 0.6 is 0 Å². The van der Waals surface area contributed by atoms with Crippen LogP contribution in [0.1, 0.15) is 52.7 Å². The first-order chi connectivity index (χ1) is 35.9. The van der Waals surface area contributed by atoms with Crippen molar-refractivity contribution in [2.75, 3.05) is 9.80 Å². The summed E-state index contributed by atoms with van der Waals surface area (Å²) >= 11 is 0. The third-order valence-electron chi connectivity index (χ3n) is 14.4. The standard InChI is InChI=1S/C70H58N2O2/c1-69(2,3)53-19-13-21-59(43-53)71(55-31-23-49(24-32-55)47-15-9-7-10-16-47)57-35-27-51(28-36-57)67-45-63-61-40-42-66-64(62(61)39-41-65(63)73-67)46-68(74-66)52-29-37-58(38-30-52)72(60-22-14-20-54(44-60)70(4,5)6)56-33-25-50(26-34-56)48-17-11-8-12-18-48/h7-46H,1-6H3. The highest BCUT2D eigenvalue weighted by molar-refractivity contribution is 6.16. The minimum absolute atomic E-state index is 0.00775. The van der Waals surface area contributed by atoms with Gasteiger partial charge in [-0.05, 0) is 188 Å². The summed E-state index contributed by atoms with van der Waals surface area (Å²) in [6.45, 7) is 13.6. The third-order valence-corrected chi connectivity index (χ3v) is 14.4. The molecule has 0 spiro atoms. The van der Waals surface area contributed by atoms with Crippen molar-refractivity contribution in [1.82, 2.24) is 0 Å². The van der Waals surface area contributed by atoms with Gasteiger partial charge in [-0.2, -0.15) is 0 Å². The predicted octanol–water partition coefficient (Wildman–Crippen LogP) is 20.5. The van der Waals surface area contributed by atoms with Gasteiger partial charge in [-0.1, -0.05) is 151 Å². The molecule has 360 valence electrons. The van der Waals surface area contributed by atoms with E-state index in [1.807, 2.05) is 0 Å². The number of hydrogen-bond acceptors (Lipinski definition) is 4. The van der Waals surface area contributed by atoms with E-state index in [1.54, 1.807) is 0 Å². The van der Waals surface area contributed by atoms with Crippen LogP contribution in [0.25, 0.3) is 77.6 Å². The van der Waals surface area contributed by atoms with Gasteiger partial charge in [0.05, 0.1) is 0 Å². The molecule has 74 heavy (non-hydrogen) atoms. The fraction of sp³-hybridized carbons (Fsp3) is 0.114. The molecule has 2 aromatic heterocycles. The molecule has 0 radical (unpaired) electrons. The Balaban J connectivity index is 0.848. The van der Waals surface area contributed by atoms with Crippen molar-refractivity contribution in [2.45, 2.75) is 52.4 Å². The van der Waals surface area contributed by atoms with Gasteiger partial charge < -0.3 is 18.6 Å². The van der Waals surface area contributed by atoms with E-state index >= 15 is 0 Å². The van der Waals surface area contributed by atoms with E-state index in [0.29, 0.717) is 0 Å². The summed E-state index contributed by atoms with van der Waals surface area (Å²) in [7, 11) is 0. The molecular weight excluding hydrogens is 901 g/mol. The zero-order valence-electron chi connectivity index (χ0n) is 42.8. The third kappa shape index (κ3) is 8.94. The summed E-state index contributed by atoms with van der Waals surface area (Å²) in [6.07, 6.45) is 0. The number of fused-ring (bicyclic) bond motifs is 5. The minimum atomic E-state index is 0.00775. The van der Waals surface area contributed by atoms with Crippen molar-refractivity contribution >= 4 is 66.8 Å². The van der Waals surface area contributed by atoms with Crippen molar-refractivity contribution < 1.29 is 8.83 Å². The molecule has 4 heteroatoms. The van der Waals surface area contributed by atoms with Crippen LogP contribution in [0.2, 0.25) is 0 Å². The second kappa shape index (κ2) is 18.6. The summed E-state index contributed by atoms with van der Waals surface area (Å²) in [5, 5.41) is 4.39. The molecule has 12 rings (SSSR count). The van der Waals surface area contributed by atoms with E-state index in [0.717, 1.165) is 89.5 Å². The molecule has 4 nitrogen and oxygen atoms in total. The quantitative estimate of drug-likeness (QED) is 0.137. The molecule has 12 aromatic rings. The first-order valence-electron chi connectivity index (χ1n) is 25.6. The van der Waals surface area contributed by atoms with Gasteiger partial charge in [-0.3, -0.25) is 0 Å². The monoisotopic (exact) mass is 958 g/mol. The summed E-state index contributed by atoms with van der Waals surface area (Å²) < 4.78 is 13.3. The highest BCUT2D eigenvalue weighted by Crippen LogP contribution is 2.43. The largest absolute Gasteiger partial charge is 0.456 e. The molecule has 2 heterocycles. The van der Waals surface area contributed by atoms with Gasteiger partial charge in [0, 0.05) is 56.0 Å². The van der Waals surface area contributed by atoms with E-state index in [9.17, 15) is 0 Å². The lowest BCUT2D eigenvalue weighted by Crippen LogP contribution is -2.14. The maximum atomic E-state index is 6.63. The van der Waals surface area contributed by atoms with Crippen molar-refractivity contribution in [3.63, 3.8) is 0 Å². The number of rotatable bonds is 10. The maximum absolute atomic E-state index is 6.63. The van der Waals surface area contributed by atoms with Gasteiger partial charge in [-0.15, -0.1) is 0 Å². The highest BCUT2D eigenvalue weighted by atomic mass is 16.3. The van der Waals surface area contributed by atoms with E-state index < -0.39 is 0 Å². The van der Waals surface area contributed by atoms with Crippen LogP contribution in [-0.4, -0.2) is 0 Å². The lowest BCUT2D eigenvalue weighted by molar-refractivity contribution is 0.590. The summed E-state index contributed by atoms with van der Waals surface area (Å²) in [5.41, 5.74) is 17.6. The predicted molar refractivity (Wildman–Crippen MR) is 312 cm³/mol. The lowest BCUT2D eigenvalue weighted by atomic mass is 9.87. The van der Waals surface area contributed by atoms with E-state index in [-0.39, 0.29) is 10.8 Å². The Hall–Kier alpha value is -8.86. The molecule has 0 atom stereocenters. The Bertz CT molecular complexity index is 3670. The van der Waals surface area contributed by atoms with Crippen molar-refractivity contribution in [1.29, 1.82) is 0 Å². The SMILES string of the molecule is CC(C)(C)c1cccc(N(c2ccc(-c3ccccc3)cc2)c2ccc(-c3cc4c(ccc5c6cc(-c7ccc(N(c8ccc(-c9ccccc9)cc8)c8cccc(C(C)(C)C)c8)cc7)oc6ccc45)o3)cc2)c1. The molecule has 10 aromatic carbocycles. The highest BCUT2D eigenvalue weighted by Gasteiger charge is 2.22.